The first-order chi connectivity index (χ1) is 13.6. The minimum atomic E-state index is -3.79. The minimum absolute atomic E-state index is 0.241. The molecule has 2 heterocycles. The van der Waals surface area contributed by atoms with Crippen molar-refractivity contribution in [2.24, 2.45) is 5.92 Å². The van der Waals surface area contributed by atoms with E-state index in [-0.39, 0.29) is 4.90 Å². The molecule has 1 fully saturated rings. The van der Waals surface area contributed by atoms with Crippen LogP contribution in [-0.2, 0) is 16.6 Å². The number of rotatable bonds is 5. The van der Waals surface area contributed by atoms with Crippen molar-refractivity contribution in [2.45, 2.75) is 24.3 Å². The first kappa shape index (κ1) is 18.8. The number of imidazole rings is 1. The van der Waals surface area contributed by atoms with E-state index >= 15 is 0 Å². The Morgan fingerprint density at radius 2 is 1.68 bits per heavy atom. The number of benzene rings is 2. The molecule has 0 unspecified atom stereocenters. The molecule has 0 radical (unpaired) electrons. The average molecular weight is 399 g/mol. The summed E-state index contributed by atoms with van der Waals surface area (Å²) in [5.41, 5.74) is 1.06. The maximum Gasteiger partial charge on any atom is 0.245 e. The summed E-state index contributed by atoms with van der Waals surface area (Å²) < 4.78 is 43.0. The lowest BCUT2D eigenvalue weighted by Gasteiger charge is -2.31. The van der Waals surface area contributed by atoms with Gasteiger partial charge in [0, 0.05) is 37.6 Å². The fourth-order valence-corrected chi connectivity index (χ4v) is 5.24. The zero-order chi connectivity index (χ0) is 19.6. The van der Waals surface area contributed by atoms with Crippen molar-refractivity contribution in [1.29, 1.82) is 0 Å². The Bertz CT molecular complexity index is 1040. The molecule has 0 N–H and O–H groups in total. The van der Waals surface area contributed by atoms with Crippen LogP contribution in [0.25, 0.3) is 11.4 Å². The van der Waals surface area contributed by atoms with E-state index in [1.807, 2.05) is 36.5 Å². The fourth-order valence-electron chi connectivity index (χ4n) is 3.71. The van der Waals surface area contributed by atoms with Gasteiger partial charge in [-0.25, -0.2) is 17.8 Å². The molecule has 0 aliphatic carbocycles. The minimum Gasteiger partial charge on any atom is -0.331 e. The molecule has 0 spiro atoms. The number of piperidine rings is 1. The summed E-state index contributed by atoms with van der Waals surface area (Å²) >= 11 is 0. The van der Waals surface area contributed by atoms with Gasteiger partial charge in [-0.15, -0.1) is 0 Å². The molecule has 28 heavy (non-hydrogen) atoms. The summed E-state index contributed by atoms with van der Waals surface area (Å²) in [5, 5.41) is 0. The van der Waals surface area contributed by atoms with Crippen molar-refractivity contribution >= 4 is 10.0 Å². The van der Waals surface area contributed by atoms with Gasteiger partial charge in [0.25, 0.3) is 0 Å². The number of sulfonamides is 1. The van der Waals surface area contributed by atoms with E-state index in [9.17, 15) is 12.8 Å². The normalized spacial score (nSPS) is 16.3. The van der Waals surface area contributed by atoms with Crippen LogP contribution in [0.2, 0.25) is 0 Å². The Kier molecular flexibility index (Phi) is 5.28. The van der Waals surface area contributed by atoms with Gasteiger partial charge in [-0.05, 0) is 30.9 Å². The lowest BCUT2D eigenvalue weighted by Crippen LogP contribution is -2.39. The molecular formula is C21H22FN3O2S. The van der Waals surface area contributed by atoms with E-state index < -0.39 is 15.8 Å². The molecule has 1 saturated heterocycles. The Morgan fingerprint density at radius 1 is 1.00 bits per heavy atom. The van der Waals surface area contributed by atoms with Gasteiger partial charge in [0.2, 0.25) is 10.0 Å². The largest absolute Gasteiger partial charge is 0.331 e. The van der Waals surface area contributed by atoms with Crippen molar-refractivity contribution < 1.29 is 12.8 Å². The van der Waals surface area contributed by atoms with Crippen LogP contribution in [0.4, 0.5) is 4.39 Å². The van der Waals surface area contributed by atoms with E-state index in [2.05, 4.69) is 9.55 Å². The number of hydrogen-bond acceptors (Lipinski definition) is 3. The lowest BCUT2D eigenvalue weighted by molar-refractivity contribution is 0.253. The highest BCUT2D eigenvalue weighted by atomic mass is 32.2. The van der Waals surface area contributed by atoms with E-state index in [0.717, 1.165) is 30.8 Å². The fraction of sp³-hybridized carbons (Fsp3) is 0.286. The summed E-state index contributed by atoms with van der Waals surface area (Å²) in [7, 11) is -3.79. The van der Waals surface area contributed by atoms with Crippen molar-refractivity contribution in [3.05, 3.63) is 72.8 Å². The predicted molar refractivity (Wildman–Crippen MR) is 106 cm³/mol. The number of aromatic nitrogens is 2. The maximum absolute atomic E-state index is 14.0. The van der Waals surface area contributed by atoms with Gasteiger partial charge in [-0.1, -0.05) is 42.5 Å². The highest BCUT2D eigenvalue weighted by Crippen LogP contribution is 2.27. The number of nitrogens with zero attached hydrogens (tertiary/aromatic N) is 3. The third-order valence-electron chi connectivity index (χ3n) is 5.23. The second-order valence-corrected chi connectivity index (χ2v) is 8.95. The molecule has 0 saturated carbocycles. The Balaban J connectivity index is 1.43. The average Bonchev–Trinajstić information content (AvgIpc) is 3.17. The van der Waals surface area contributed by atoms with Crippen molar-refractivity contribution in [3.63, 3.8) is 0 Å². The zero-order valence-corrected chi connectivity index (χ0v) is 16.2. The molecule has 4 rings (SSSR count). The Morgan fingerprint density at radius 3 is 2.39 bits per heavy atom. The van der Waals surface area contributed by atoms with E-state index in [1.165, 1.54) is 22.5 Å². The van der Waals surface area contributed by atoms with Crippen molar-refractivity contribution in [3.8, 4) is 11.4 Å². The van der Waals surface area contributed by atoms with Crippen LogP contribution in [0.3, 0.4) is 0 Å². The molecule has 146 valence electrons. The van der Waals surface area contributed by atoms with Gasteiger partial charge in [-0.3, -0.25) is 0 Å². The van der Waals surface area contributed by atoms with Crippen LogP contribution >= 0.6 is 0 Å². The third kappa shape index (κ3) is 3.72. The van der Waals surface area contributed by atoms with Crippen LogP contribution < -0.4 is 0 Å². The quantitative estimate of drug-likeness (QED) is 0.656. The van der Waals surface area contributed by atoms with Gasteiger partial charge < -0.3 is 4.57 Å². The molecule has 1 aliphatic rings. The smallest absolute Gasteiger partial charge is 0.245 e. The van der Waals surface area contributed by atoms with Crippen molar-refractivity contribution in [2.75, 3.05) is 13.1 Å². The van der Waals surface area contributed by atoms with Gasteiger partial charge in [0.05, 0.1) is 0 Å². The first-order valence-electron chi connectivity index (χ1n) is 9.37. The third-order valence-corrected chi connectivity index (χ3v) is 7.16. The Labute approximate surface area is 164 Å². The molecule has 3 aromatic rings. The topological polar surface area (TPSA) is 55.2 Å². The SMILES string of the molecule is O=S(=O)(c1ccccc1F)N1CCC(Cn2ccnc2-c2ccccc2)CC1. The molecule has 5 nitrogen and oxygen atoms in total. The van der Waals surface area contributed by atoms with Crippen LogP contribution in [0.1, 0.15) is 12.8 Å². The van der Waals surface area contributed by atoms with Gasteiger partial charge >= 0.3 is 0 Å². The van der Waals surface area contributed by atoms with Crippen LogP contribution in [0.5, 0.6) is 0 Å². The molecular weight excluding hydrogens is 377 g/mol. The van der Waals surface area contributed by atoms with Crippen molar-refractivity contribution in [1.82, 2.24) is 13.9 Å². The standard InChI is InChI=1S/C21H22FN3O2S/c22-19-8-4-5-9-20(19)28(26,27)25-13-10-17(11-14-25)16-24-15-12-23-21(24)18-6-2-1-3-7-18/h1-9,12,15,17H,10-11,13-14,16H2. The highest BCUT2D eigenvalue weighted by Gasteiger charge is 2.31. The molecule has 0 amide bonds. The van der Waals surface area contributed by atoms with E-state index in [1.54, 1.807) is 12.3 Å². The highest BCUT2D eigenvalue weighted by molar-refractivity contribution is 7.89. The Hall–Kier alpha value is -2.51. The van der Waals surface area contributed by atoms with Gasteiger partial charge in [-0.2, -0.15) is 4.31 Å². The summed E-state index contributed by atoms with van der Waals surface area (Å²) in [4.78, 5) is 4.23. The van der Waals surface area contributed by atoms with E-state index in [0.29, 0.717) is 19.0 Å². The van der Waals surface area contributed by atoms with Gasteiger partial charge in [0.15, 0.2) is 0 Å². The first-order valence-corrected chi connectivity index (χ1v) is 10.8. The number of hydrogen-bond donors (Lipinski definition) is 0. The molecule has 7 heteroatoms. The summed E-state index contributed by atoms with van der Waals surface area (Å²) in [5.74, 6) is 0.571. The van der Waals surface area contributed by atoms with Crippen LogP contribution in [0.15, 0.2) is 71.9 Å². The lowest BCUT2D eigenvalue weighted by atomic mass is 9.98. The predicted octanol–water partition coefficient (Wildman–Crippen LogP) is 3.79. The number of halogens is 1. The molecule has 1 aliphatic heterocycles. The zero-order valence-electron chi connectivity index (χ0n) is 15.4. The van der Waals surface area contributed by atoms with Crippen LogP contribution in [-0.4, -0.2) is 35.4 Å². The second-order valence-electron chi connectivity index (χ2n) is 7.05. The summed E-state index contributed by atoms with van der Waals surface area (Å²) in [6.07, 6.45) is 5.23. The van der Waals surface area contributed by atoms with Gasteiger partial charge in [0.1, 0.15) is 16.5 Å². The monoisotopic (exact) mass is 399 g/mol. The second kappa shape index (κ2) is 7.85. The molecule has 1 aromatic heterocycles. The van der Waals surface area contributed by atoms with Crippen LogP contribution in [0, 0.1) is 11.7 Å². The summed E-state index contributed by atoms with van der Waals surface area (Å²) in [6.45, 7) is 1.59. The summed E-state index contributed by atoms with van der Waals surface area (Å²) in [6, 6.07) is 15.6. The maximum atomic E-state index is 14.0. The molecule has 0 bridgehead atoms. The molecule has 0 atom stereocenters. The van der Waals surface area contributed by atoms with E-state index in [4.69, 9.17) is 0 Å². The molecule has 2 aromatic carbocycles.